The zero-order valence-electron chi connectivity index (χ0n) is 9.14. The van der Waals surface area contributed by atoms with E-state index in [0.717, 1.165) is 5.01 Å². The quantitative estimate of drug-likeness (QED) is 0.795. The average molecular weight is 268 g/mol. The van der Waals surface area contributed by atoms with E-state index in [0.29, 0.717) is 22.9 Å². The van der Waals surface area contributed by atoms with Crippen LogP contribution in [0, 0.1) is 0 Å². The average Bonchev–Trinajstić information content (AvgIpc) is 2.80. The lowest BCUT2D eigenvalue weighted by atomic mass is 10.1. The minimum atomic E-state index is -0.0154. The number of hydrogen-bond acceptors (Lipinski definition) is 4. The van der Waals surface area contributed by atoms with Gasteiger partial charge in [-0.05, 0) is 25.1 Å². The predicted molar refractivity (Wildman–Crippen MR) is 67.9 cm³/mol. The van der Waals surface area contributed by atoms with Gasteiger partial charge in [0, 0.05) is 17.1 Å². The van der Waals surface area contributed by atoms with E-state index in [2.05, 4.69) is 4.98 Å². The van der Waals surface area contributed by atoms with E-state index in [-0.39, 0.29) is 5.78 Å². The molecule has 1 aromatic heterocycles. The van der Waals surface area contributed by atoms with Gasteiger partial charge in [0.2, 0.25) is 0 Å². The predicted octanol–water partition coefficient (Wildman–Crippen LogP) is 3.58. The molecule has 0 aliphatic rings. The maximum absolute atomic E-state index is 11.1. The molecule has 0 fully saturated rings. The van der Waals surface area contributed by atoms with Crippen LogP contribution in [0.1, 0.15) is 22.3 Å². The molecule has 0 radical (unpaired) electrons. The van der Waals surface area contributed by atoms with Crippen LogP contribution in [0.5, 0.6) is 5.75 Å². The minimum Gasteiger partial charge on any atom is -0.485 e. The van der Waals surface area contributed by atoms with Gasteiger partial charge in [-0.3, -0.25) is 4.79 Å². The SMILES string of the molecule is CC(=O)c1ccc(OCc2nccs2)c(Cl)c1. The Morgan fingerprint density at radius 2 is 2.35 bits per heavy atom. The largest absolute Gasteiger partial charge is 0.485 e. The van der Waals surface area contributed by atoms with Crippen molar-refractivity contribution in [1.29, 1.82) is 0 Å². The first-order valence-electron chi connectivity index (χ1n) is 4.98. The van der Waals surface area contributed by atoms with Crippen LogP contribution < -0.4 is 4.74 Å². The van der Waals surface area contributed by atoms with E-state index in [1.54, 1.807) is 24.4 Å². The first kappa shape index (κ1) is 12.1. The molecule has 1 aromatic carbocycles. The highest BCUT2D eigenvalue weighted by Gasteiger charge is 2.06. The number of thiazole rings is 1. The number of ether oxygens (including phenoxy) is 1. The number of aromatic nitrogens is 1. The lowest BCUT2D eigenvalue weighted by Gasteiger charge is -2.07. The van der Waals surface area contributed by atoms with Crippen molar-refractivity contribution in [2.24, 2.45) is 0 Å². The fourth-order valence-electron chi connectivity index (χ4n) is 1.30. The number of benzene rings is 1. The van der Waals surface area contributed by atoms with E-state index in [1.807, 2.05) is 5.38 Å². The molecule has 5 heteroatoms. The summed E-state index contributed by atoms with van der Waals surface area (Å²) in [6.45, 7) is 1.89. The summed E-state index contributed by atoms with van der Waals surface area (Å²) in [7, 11) is 0. The third-order valence-corrected chi connectivity index (χ3v) is 3.22. The standard InChI is InChI=1S/C12H10ClNO2S/c1-8(15)9-2-3-11(10(13)6-9)16-7-12-14-4-5-17-12/h2-6H,7H2,1H3. The zero-order chi connectivity index (χ0) is 12.3. The number of ketones is 1. The van der Waals surface area contributed by atoms with Crippen molar-refractivity contribution >= 4 is 28.7 Å². The van der Waals surface area contributed by atoms with Gasteiger partial charge in [-0.2, -0.15) is 0 Å². The number of Topliss-reactive ketones (excluding diaryl/α,β-unsaturated/α-hetero) is 1. The van der Waals surface area contributed by atoms with Gasteiger partial charge < -0.3 is 4.74 Å². The third kappa shape index (κ3) is 3.05. The normalized spacial score (nSPS) is 10.2. The Hall–Kier alpha value is -1.39. The summed E-state index contributed by atoms with van der Waals surface area (Å²) in [6.07, 6.45) is 1.73. The van der Waals surface area contributed by atoms with Crippen LogP contribution in [0.15, 0.2) is 29.8 Å². The molecular weight excluding hydrogens is 258 g/mol. The summed E-state index contributed by atoms with van der Waals surface area (Å²) in [6, 6.07) is 5.01. The first-order chi connectivity index (χ1) is 8.16. The van der Waals surface area contributed by atoms with Crippen LogP contribution in [0.4, 0.5) is 0 Å². The van der Waals surface area contributed by atoms with E-state index < -0.39 is 0 Å². The van der Waals surface area contributed by atoms with Crippen molar-refractivity contribution < 1.29 is 9.53 Å². The number of carbonyl (C=O) groups excluding carboxylic acids is 1. The molecule has 0 atom stereocenters. The van der Waals surface area contributed by atoms with Crippen LogP contribution in [0.2, 0.25) is 5.02 Å². The van der Waals surface area contributed by atoms with Crippen LogP contribution in [0.3, 0.4) is 0 Å². The number of halogens is 1. The second-order valence-electron chi connectivity index (χ2n) is 3.42. The highest BCUT2D eigenvalue weighted by molar-refractivity contribution is 7.09. The van der Waals surface area contributed by atoms with Gasteiger partial charge in [-0.25, -0.2) is 4.98 Å². The summed E-state index contributed by atoms with van der Waals surface area (Å²) in [5.41, 5.74) is 0.580. The van der Waals surface area contributed by atoms with Gasteiger partial charge in [-0.1, -0.05) is 11.6 Å². The Labute approximate surface area is 108 Å². The molecule has 0 aliphatic heterocycles. The van der Waals surface area contributed by atoms with Gasteiger partial charge in [0.15, 0.2) is 5.78 Å². The van der Waals surface area contributed by atoms with E-state index >= 15 is 0 Å². The van der Waals surface area contributed by atoms with Crippen LogP contribution in [-0.2, 0) is 6.61 Å². The number of hydrogen-bond donors (Lipinski definition) is 0. The number of rotatable bonds is 4. The van der Waals surface area contributed by atoms with Crippen LogP contribution in [-0.4, -0.2) is 10.8 Å². The van der Waals surface area contributed by atoms with Crippen molar-refractivity contribution in [2.75, 3.05) is 0 Å². The summed E-state index contributed by atoms with van der Waals surface area (Å²) in [5, 5.41) is 3.21. The molecule has 0 amide bonds. The highest BCUT2D eigenvalue weighted by Crippen LogP contribution is 2.26. The van der Waals surface area contributed by atoms with Crippen LogP contribution >= 0.6 is 22.9 Å². The topological polar surface area (TPSA) is 39.2 Å². The van der Waals surface area contributed by atoms with Gasteiger partial charge in [0.05, 0.1) is 5.02 Å². The molecule has 2 aromatic rings. The van der Waals surface area contributed by atoms with Crippen molar-refractivity contribution in [3.8, 4) is 5.75 Å². The molecule has 0 spiro atoms. The Kier molecular flexibility index (Phi) is 3.76. The second-order valence-corrected chi connectivity index (χ2v) is 4.80. The Balaban J connectivity index is 2.09. The number of nitrogens with zero attached hydrogens (tertiary/aromatic N) is 1. The highest BCUT2D eigenvalue weighted by atomic mass is 35.5. The maximum atomic E-state index is 11.1. The lowest BCUT2D eigenvalue weighted by Crippen LogP contribution is -1.97. The molecule has 0 aliphatic carbocycles. The Morgan fingerprint density at radius 3 is 2.94 bits per heavy atom. The van der Waals surface area contributed by atoms with Crippen molar-refractivity contribution in [1.82, 2.24) is 4.98 Å². The molecule has 0 saturated heterocycles. The zero-order valence-corrected chi connectivity index (χ0v) is 10.7. The van der Waals surface area contributed by atoms with Gasteiger partial charge in [0.1, 0.15) is 17.4 Å². The molecule has 0 unspecified atom stereocenters. The summed E-state index contributed by atoms with van der Waals surface area (Å²) < 4.78 is 5.52. The molecule has 3 nitrogen and oxygen atoms in total. The monoisotopic (exact) mass is 267 g/mol. The van der Waals surface area contributed by atoms with Crippen molar-refractivity contribution in [3.05, 3.63) is 45.4 Å². The van der Waals surface area contributed by atoms with Crippen molar-refractivity contribution in [3.63, 3.8) is 0 Å². The van der Waals surface area contributed by atoms with Gasteiger partial charge >= 0.3 is 0 Å². The molecule has 88 valence electrons. The van der Waals surface area contributed by atoms with E-state index in [9.17, 15) is 4.79 Å². The molecule has 17 heavy (non-hydrogen) atoms. The second kappa shape index (κ2) is 5.29. The molecule has 2 rings (SSSR count). The van der Waals surface area contributed by atoms with E-state index in [1.165, 1.54) is 18.3 Å². The Morgan fingerprint density at radius 1 is 1.53 bits per heavy atom. The summed E-state index contributed by atoms with van der Waals surface area (Å²) >= 11 is 7.54. The Bertz CT molecular complexity index is 525. The van der Waals surface area contributed by atoms with Crippen LogP contribution in [0.25, 0.3) is 0 Å². The third-order valence-electron chi connectivity index (χ3n) is 2.17. The minimum absolute atomic E-state index is 0.0154. The molecular formula is C12H10ClNO2S. The molecule has 1 heterocycles. The molecule has 0 bridgehead atoms. The smallest absolute Gasteiger partial charge is 0.159 e. The fraction of sp³-hybridized carbons (Fsp3) is 0.167. The molecule has 0 N–H and O–H groups in total. The lowest BCUT2D eigenvalue weighted by molar-refractivity contribution is 0.101. The van der Waals surface area contributed by atoms with Crippen molar-refractivity contribution in [2.45, 2.75) is 13.5 Å². The van der Waals surface area contributed by atoms with E-state index in [4.69, 9.17) is 16.3 Å². The molecule has 0 saturated carbocycles. The van der Waals surface area contributed by atoms with Gasteiger partial charge in [-0.15, -0.1) is 11.3 Å². The number of carbonyl (C=O) groups is 1. The first-order valence-corrected chi connectivity index (χ1v) is 6.24. The summed E-state index contributed by atoms with van der Waals surface area (Å²) in [4.78, 5) is 15.2. The fourth-order valence-corrected chi connectivity index (χ4v) is 2.06. The maximum Gasteiger partial charge on any atom is 0.159 e. The van der Waals surface area contributed by atoms with Gasteiger partial charge in [0.25, 0.3) is 0 Å². The summed E-state index contributed by atoms with van der Waals surface area (Å²) in [5.74, 6) is 0.547.